The van der Waals surface area contributed by atoms with Gasteiger partial charge in [-0.05, 0) is 5.56 Å². The minimum atomic E-state index is -0.868. The second kappa shape index (κ2) is 2.60. The van der Waals surface area contributed by atoms with Crippen molar-refractivity contribution in [1.29, 1.82) is 0 Å². The molecule has 1 aromatic rings. The van der Waals surface area contributed by atoms with Gasteiger partial charge in [-0.3, -0.25) is 4.79 Å². The van der Waals surface area contributed by atoms with Gasteiger partial charge in [0.25, 0.3) is 5.91 Å². The van der Waals surface area contributed by atoms with Gasteiger partial charge in [0.2, 0.25) is 0 Å². The summed E-state index contributed by atoms with van der Waals surface area (Å²) in [5.41, 5.74) is 0.949. The maximum atomic E-state index is 10.7. The van der Waals surface area contributed by atoms with Crippen molar-refractivity contribution in [3.8, 4) is 0 Å². The van der Waals surface area contributed by atoms with Crippen LogP contribution in [0.4, 0.5) is 0 Å². The van der Waals surface area contributed by atoms with Crippen LogP contribution in [0, 0.1) is 0 Å². The van der Waals surface area contributed by atoms with Crippen LogP contribution < -0.4 is 5.32 Å². The van der Waals surface area contributed by atoms with Crippen molar-refractivity contribution in [1.82, 2.24) is 5.32 Å². The molecule has 3 nitrogen and oxygen atoms in total. The number of aliphatic hydroxyl groups is 1. The van der Waals surface area contributed by atoms with E-state index in [1.165, 1.54) is 0 Å². The number of carbonyl (C=O) groups is 1. The zero-order valence-electron chi connectivity index (χ0n) is 6.40. The molecule has 2 atom stereocenters. The molecule has 0 bridgehead atoms. The molecular weight excluding hydrogens is 154 g/mol. The Kier molecular flexibility index (Phi) is 1.59. The topological polar surface area (TPSA) is 49.3 Å². The van der Waals surface area contributed by atoms with Gasteiger partial charge >= 0.3 is 0 Å². The fourth-order valence-electron chi connectivity index (χ4n) is 1.30. The lowest BCUT2D eigenvalue weighted by atomic mass is 9.94. The summed E-state index contributed by atoms with van der Waals surface area (Å²) in [6.07, 6.45) is -0.868. The Balaban J connectivity index is 2.18. The summed E-state index contributed by atoms with van der Waals surface area (Å²) in [7, 11) is 0. The van der Waals surface area contributed by atoms with Crippen molar-refractivity contribution in [2.75, 3.05) is 0 Å². The van der Waals surface area contributed by atoms with Crippen LogP contribution in [-0.2, 0) is 4.79 Å². The number of hydrogen-bond acceptors (Lipinski definition) is 2. The molecule has 0 aliphatic carbocycles. The van der Waals surface area contributed by atoms with E-state index in [2.05, 4.69) is 5.32 Å². The molecule has 0 spiro atoms. The number of hydrogen-bond donors (Lipinski definition) is 2. The zero-order valence-corrected chi connectivity index (χ0v) is 6.40. The second-order valence-electron chi connectivity index (χ2n) is 2.84. The first-order valence-electron chi connectivity index (χ1n) is 3.82. The summed E-state index contributed by atoms with van der Waals surface area (Å²) in [5, 5.41) is 11.8. The van der Waals surface area contributed by atoms with Gasteiger partial charge in [0, 0.05) is 0 Å². The average Bonchev–Trinajstić information content (AvgIpc) is 2.15. The van der Waals surface area contributed by atoms with E-state index in [1.54, 1.807) is 0 Å². The van der Waals surface area contributed by atoms with Crippen molar-refractivity contribution in [2.24, 2.45) is 0 Å². The van der Waals surface area contributed by atoms with Crippen molar-refractivity contribution < 1.29 is 9.90 Å². The predicted octanol–water partition coefficient (Wildman–Crippen LogP) is 0.218. The van der Waals surface area contributed by atoms with Crippen molar-refractivity contribution in [2.45, 2.75) is 12.1 Å². The van der Waals surface area contributed by atoms with E-state index < -0.39 is 6.10 Å². The molecule has 1 aromatic carbocycles. The lowest BCUT2D eigenvalue weighted by Crippen LogP contribution is -2.55. The van der Waals surface area contributed by atoms with E-state index in [1.807, 2.05) is 30.3 Å². The van der Waals surface area contributed by atoms with E-state index >= 15 is 0 Å². The summed E-state index contributed by atoms with van der Waals surface area (Å²) in [6.45, 7) is 0. The van der Waals surface area contributed by atoms with Crippen LogP contribution in [0.15, 0.2) is 30.3 Å². The predicted molar refractivity (Wildman–Crippen MR) is 43.3 cm³/mol. The Morgan fingerprint density at radius 3 is 2.42 bits per heavy atom. The maximum Gasteiger partial charge on any atom is 0.251 e. The summed E-state index contributed by atoms with van der Waals surface area (Å²) in [6, 6.07) is 9.22. The standard InChI is InChI=1S/C9H9NO2/c11-8-7(10-9(8)12)6-4-2-1-3-5-6/h1-5,7-8,11H,(H,10,12)/t7-,8-/m1/s1. The van der Waals surface area contributed by atoms with Gasteiger partial charge in [-0.15, -0.1) is 0 Å². The first-order valence-corrected chi connectivity index (χ1v) is 3.82. The Morgan fingerprint density at radius 2 is 1.92 bits per heavy atom. The fraction of sp³-hybridized carbons (Fsp3) is 0.222. The van der Waals surface area contributed by atoms with Gasteiger partial charge in [0.1, 0.15) is 0 Å². The Morgan fingerprint density at radius 1 is 1.25 bits per heavy atom. The van der Waals surface area contributed by atoms with Crippen LogP contribution in [0.5, 0.6) is 0 Å². The summed E-state index contributed by atoms with van der Waals surface area (Å²) < 4.78 is 0. The number of benzene rings is 1. The highest BCUT2D eigenvalue weighted by molar-refractivity contribution is 5.88. The Labute approximate surface area is 70.0 Å². The number of aliphatic hydroxyl groups excluding tert-OH is 1. The molecule has 1 heterocycles. The number of β-lactam (4-membered cyclic amide) rings is 1. The molecule has 2 N–H and O–H groups in total. The molecule has 3 heteroatoms. The lowest BCUT2D eigenvalue weighted by molar-refractivity contribution is -0.142. The van der Waals surface area contributed by atoms with E-state index in [4.69, 9.17) is 0 Å². The smallest absolute Gasteiger partial charge is 0.251 e. The Hall–Kier alpha value is -1.35. The molecule has 1 aliphatic heterocycles. The molecule has 62 valence electrons. The fourth-order valence-corrected chi connectivity index (χ4v) is 1.30. The molecule has 1 saturated heterocycles. The molecule has 0 saturated carbocycles. The highest BCUT2D eigenvalue weighted by Crippen LogP contribution is 2.23. The van der Waals surface area contributed by atoms with Gasteiger partial charge in [0.15, 0.2) is 6.10 Å². The van der Waals surface area contributed by atoms with Gasteiger partial charge in [0.05, 0.1) is 6.04 Å². The van der Waals surface area contributed by atoms with E-state index in [-0.39, 0.29) is 11.9 Å². The van der Waals surface area contributed by atoms with Crippen LogP contribution in [0.3, 0.4) is 0 Å². The highest BCUT2D eigenvalue weighted by atomic mass is 16.3. The highest BCUT2D eigenvalue weighted by Gasteiger charge is 2.38. The first-order chi connectivity index (χ1) is 5.79. The summed E-state index contributed by atoms with van der Waals surface area (Å²) in [5.74, 6) is -0.288. The molecule has 0 radical (unpaired) electrons. The third-order valence-electron chi connectivity index (χ3n) is 2.04. The quantitative estimate of drug-likeness (QED) is 0.582. The minimum absolute atomic E-state index is 0.210. The summed E-state index contributed by atoms with van der Waals surface area (Å²) in [4.78, 5) is 10.7. The molecule has 0 unspecified atom stereocenters. The van der Waals surface area contributed by atoms with Crippen LogP contribution in [0.2, 0.25) is 0 Å². The van der Waals surface area contributed by atoms with E-state index in [0.717, 1.165) is 5.56 Å². The van der Waals surface area contributed by atoms with Gasteiger partial charge in [-0.25, -0.2) is 0 Å². The van der Waals surface area contributed by atoms with Gasteiger partial charge in [-0.2, -0.15) is 0 Å². The maximum absolute atomic E-state index is 10.7. The molecule has 1 aliphatic rings. The molecule has 0 aromatic heterocycles. The van der Waals surface area contributed by atoms with Crippen LogP contribution in [-0.4, -0.2) is 17.1 Å². The largest absolute Gasteiger partial charge is 0.381 e. The van der Waals surface area contributed by atoms with Gasteiger partial charge in [-0.1, -0.05) is 30.3 Å². The van der Waals surface area contributed by atoms with Crippen LogP contribution >= 0.6 is 0 Å². The summed E-state index contributed by atoms with van der Waals surface area (Å²) >= 11 is 0. The van der Waals surface area contributed by atoms with Crippen LogP contribution in [0.1, 0.15) is 11.6 Å². The third-order valence-corrected chi connectivity index (χ3v) is 2.04. The molecule has 2 rings (SSSR count). The lowest BCUT2D eigenvalue weighted by Gasteiger charge is -2.33. The first kappa shape index (κ1) is 7.31. The number of carbonyl (C=O) groups excluding carboxylic acids is 1. The van der Waals surface area contributed by atoms with Crippen molar-refractivity contribution >= 4 is 5.91 Å². The van der Waals surface area contributed by atoms with Crippen LogP contribution in [0.25, 0.3) is 0 Å². The normalized spacial score (nSPS) is 27.6. The zero-order chi connectivity index (χ0) is 8.55. The average molecular weight is 163 g/mol. The second-order valence-corrected chi connectivity index (χ2v) is 2.84. The molecule has 1 amide bonds. The van der Waals surface area contributed by atoms with E-state index in [0.29, 0.717) is 0 Å². The number of rotatable bonds is 1. The number of amides is 1. The third kappa shape index (κ3) is 0.987. The molecular formula is C9H9NO2. The van der Waals surface area contributed by atoms with E-state index in [9.17, 15) is 9.90 Å². The minimum Gasteiger partial charge on any atom is -0.381 e. The number of nitrogens with one attached hydrogen (secondary N) is 1. The Bertz CT molecular complexity index is 297. The monoisotopic (exact) mass is 163 g/mol. The van der Waals surface area contributed by atoms with Crippen molar-refractivity contribution in [3.63, 3.8) is 0 Å². The SMILES string of the molecule is O=C1N[C@H](c2ccccc2)[C@H]1O. The molecule has 12 heavy (non-hydrogen) atoms. The van der Waals surface area contributed by atoms with Gasteiger partial charge < -0.3 is 10.4 Å². The molecule has 1 fully saturated rings. The van der Waals surface area contributed by atoms with Crippen molar-refractivity contribution in [3.05, 3.63) is 35.9 Å².